The molecule has 0 aliphatic carbocycles. The number of carboxylic acids is 2. The third-order valence-electron chi connectivity index (χ3n) is 3.35. The number of fused-ring (bicyclic) bond motifs is 1. The van der Waals surface area contributed by atoms with E-state index in [-0.39, 0.29) is 11.1 Å². The maximum atomic E-state index is 10.9. The predicted molar refractivity (Wildman–Crippen MR) is 88.3 cm³/mol. The summed E-state index contributed by atoms with van der Waals surface area (Å²) in [4.78, 5) is 25.7. The number of carbonyl (C=O) groups is 2. The van der Waals surface area contributed by atoms with E-state index in [9.17, 15) is 9.59 Å². The molecular formula is C17H17N3O4. The normalized spacial score (nSPS) is 10.3. The van der Waals surface area contributed by atoms with Crippen molar-refractivity contribution in [1.82, 2.24) is 14.8 Å². The largest absolute Gasteiger partial charge is 0.478 e. The number of rotatable bonds is 3. The van der Waals surface area contributed by atoms with Gasteiger partial charge in [0.2, 0.25) is 0 Å². The van der Waals surface area contributed by atoms with E-state index in [0.717, 1.165) is 0 Å². The van der Waals surface area contributed by atoms with Crippen molar-refractivity contribution in [3.8, 4) is 0 Å². The molecule has 1 heterocycles. The van der Waals surface area contributed by atoms with Crippen LogP contribution in [0.5, 0.6) is 0 Å². The molecule has 0 saturated heterocycles. The molecule has 0 saturated carbocycles. The lowest BCUT2D eigenvalue weighted by atomic mass is 10.00. The fourth-order valence-corrected chi connectivity index (χ4v) is 2.16. The molecule has 0 radical (unpaired) electrons. The zero-order valence-electron chi connectivity index (χ0n) is 13.2. The minimum Gasteiger partial charge on any atom is -0.478 e. The quantitative estimate of drug-likeness (QED) is 0.766. The standard InChI is InChI=1S/C12H8O4.C5H9N3/c13-11(14)9-5-6-10(12(15)16)8-4-2-1-3-7(8)9;1-5(2)8-4-6-3-7-8/h1-6H,(H,13,14)(H,15,16);3-5H,1-2H3. The van der Waals surface area contributed by atoms with Crippen molar-refractivity contribution in [2.75, 3.05) is 0 Å². The molecule has 0 spiro atoms. The van der Waals surface area contributed by atoms with Crippen molar-refractivity contribution in [2.24, 2.45) is 0 Å². The van der Waals surface area contributed by atoms with Crippen LogP contribution in [0.15, 0.2) is 49.1 Å². The molecule has 1 aromatic heterocycles. The number of benzene rings is 2. The smallest absolute Gasteiger partial charge is 0.336 e. The number of hydrogen-bond acceptors (Lipinski definition) is 4. The van der Waals surface area contributed by atoms with E-state index in [1.807, 2.05) is 0 Å². The van der Waals surface area contributed by atoms with Crippen LogP contribution in [0.3, 0.4) is 0 Å². The van der Waals surface area contributed by atoms with Gasteiger partial charge in [0.05, 0.1) is 11.1 Å². The Morgan fingerprint density at radius 1 is 0.958 bits per heavy atom. The first-order valence-electron chi connectivity index (χ1n) is 7.24. The fraction of sp³-hybridized carbons (Fsp3) is 0.176. The molecule has 2 N–H and O–H groups in total. The van der Waals surface area contributed by atoms with E-state index >= 15 is 0 Å². The van der Waals surface area contributed by atoms with Gasteiger partial charge in [-0.25, -0.2) is 14.6 Å². The van der Waals surface area contributed by atoms with Crippen LogP contribution >= 0.6 is 0 Å². The Balaban J connectivity index is 0.000000219. The fourth-order valence-electron chi connectivity index (χ4n) is 2.16. The molecule has 124 valence electrons. The van der Waals surface area contributed by atoms with E-state index < -0.39 is 11.9 Å². The molecule has 7 heteroatoms. The van der Waals surface area contributed by atoms with Crippen LogP contribution in [0.1, 0.15) is 40.6 Å². The summed E-state index contributed by atoms with van der Waals surface area (Å²) in [5, 5.41) is 22.7. The van der Waals surface area contributed by atoms with E-state index in [1.165, 1.54) is 12.1 Å². The van der Waals surface area contributed by atoms with Crippen LogP contribution in [0.25, 0.3) is 10.8 Å². The minimum atomic E-state index is -1.06. The van der Waals surface area contributed by atoms with Gasteiger partial charge in [0.25, 0.3) is 0 Å². The lowest BCUT2D eigenvalue weighted by Gasteiger charge is -2.05. The maximum Gasteiger partial charge on any atom is 0.336 e. The highest BCUT2D eigenvalue weighted by molar-refractivity contribution is 6.10. The van der Waals surface area contributed by atoms with Crippen molar-refractivity contribution < 1.29 is 19.8 Å². The first-order chi connectivity index (χ1) is 11.4. The van der Waals surface area contributed by atoms with Gasteiger partial charge >= 0.3 is 11.9 Å². The predicted octanol–water partition coefficient (Wildman–Crippen LogP) is 3.10. The minimum absolute atomic E-state index is 0.112. The Morgan fingerprint density at radius 3 is 1.75 bits per heavy atom. The average molecular weight is 327 g/mol. The van der Waals surface area contributed by atoms with Gasteiger partial charge in [-0.05, 0) is 36.8 Å². The highest BCUT2D eigenvalue weighted by Crippen LogP contribution is 2.22. The molecule has 0 atom stereocenters. The molecule has 0 amide bonds. The monoisotopic (exact) mass is 327 g/mol. The van der Waals surface area contributed by atoms with E-state index in [0.29, 0.717) is 16.8 Å². The van der Waals surface area contributed by atoms with Gasteiger partial charge in [0, 0.05) is 6.04 Å². The molecule has 0 fully saturated rings. The van der Waals surface area contributed by atoms with Crippen LogP contribution in [-0.2, 0) is 0 Å². The Hall–Kier alpha value is -3.22. The highest BCUT2D eigenvalue weighted by atomic mass is 16.4. The van der Waals surface area contributed by atoms with Crippen LogP contribution in [0.2, 0.25) is 0 Å². The second-order valence-electron chi connectivity index (χ2n) is 5.29. The van der Waals surface area contributed by atoms with Crippen molar-refractivity contribution in [1.29, 1.82) is 0 Å². The zero-order chi connectivity index (χ0) is 17.7. The third-order valence-corrected chi connectivity index (χ3v) is 3.35. The summed E-state index contributed by atoms with van der Waals surface area (Å²) in [6.45, 7) is 4.13. The SMILES string of the molecule is CC(C)n1cncn1.O=C(O)c1ccc(C(=O)O)c2ccccc12. The van der Waals surface area contributed by atoms with Crippen molar-refractivity contribution in [3.05, 3.63) is 60.2 Å². The topological polar surface area (TPSA) is 105 Å². The molecular weight excluding hydrogens is 310 g/mol. The molecule has 24 heavy (non-hydrogen) atoms. The van der Waals surface area contributed by atoms with E-state index in [1.54, 1.807) is 41.6 Å². The van der Waals surface area contributed by atoms with E-state index in [4.69, 9.17) is 10.2 Å². The molecule has 0 unspecified atom stereocenters. The summed E-state index contributed by atoms with van der Waals surface area (Å²) in [6, 6.07) is 9.62. The number of aromatic carboxylic acids is 2. The van der Waals surface area contributed by atoms with E-state index in [2.05, 4.69) is 23.9 Å². The van der Waals surface area contributed by atoms with Gasteiger partial charge in [-0.15, -0.1) is 0 Å². The van der Waals surface area contributed by atoms with Gasteiger partial charge in [-0.1, -0.05) is 24.3 Å². The van der Waals surface area contributed by atoms with Gasteiger partial charge in [0.15, 0.2) is 0 Å². The Morgan fingerprint density at radius 2 is 1.46 bits per heavy atom. The number of hydrogen-bond donors (Lipinski definition) is 2. The molecule has 3 aromatic rings. The number of aromatic nitrogens is 3. The summed E-state index contributed by atoms with van der Waals surface area (Å²) >= 11 is 0. The van der Waals surface area contributed by atoms with Gasteiger partial charge < -0.3 is 10.2 Å². The van der Waals surface area contributed by atoms with Crippen LogP contribution in [0.4, 0.5) is 0 Å². The average Bonchev–Trinajstić information content (AvgIpc) is 3.08. The summed E-state index contributed by atoms with van der Waals surface area (Å²) < 4.78 is 1.81. The second-order valence-corrected chi connectivity index (χ2v) is 5.29. The third kappa shape index (κ3) is 3.75. The Bertz CT molecular complexity index is 805. The molecule has 0 aliphatic heterocycles. The Labute approximate surface area is 138 Å². The maximum absolute atomic E-state index is 10.9. The van der Waals surface area contributed by atoms with Crippen molar-refractivity contribution in [3.63, 3.8) is 0 Å². The summed E-state index contributed by atoms with van der Waals surface area (Å²) in [7, 11) is 0. The van der Waals surface area contributed by atoms with Crippen molar-refractivity contribution >= 4 is 22.7 Å². The van der Waals surface area contributed by atoms with Crippen LogP contribution in [-0.4, -0.2) is 36.9 Å². The molecule has 7 nitrogen and oxygen atoms in total. The second kappa shape index (κ2) is 7.36. The van der Waals surface area contributed by atoms with Gasteiger partial charge in [-0.2, -0.15) is 5.10 Å². The Kier molecular flexibility index (Phi) is 5.26. The highest BCUT2D eigenvalue weighted by Gasteiger charge is 2.13. The van der Waals surface area contributed by atoms with Crippen molar-refractivity contribution in [2.45, 2.75) is 19.9 Å². The lowest BCUT2D eigenvalue weighted by Crippen LogP contribution is -2.02. The molecule has 3 rings (SSSR count). The molecule has 2 aromatic carbocycles. The summed E-state index contributed by atoms with van der Waals surface area (Å²) in [6.07, 6.45) is 3.25. The summed E-state index contributed by atoms with van der Waals surface area (Å²) in [5.74, 6) is -2.12. The van der Waals surface area contributed by atoms with Crippen LogP contribution < -0.4 is 0 Å². The van der Waals surface area contributed by atoms with Gasteiger partial charge in [0.1, 0.15) is 12.7 Å². The van der Waals surface area contributed by atoms with Gasteiger partial charge in [-0.3, -0.25) is 4.68 Å². The molecule has 0 aliphatic rings. The van der Waals surface area contributed by atoms with Crippen LogP contribution in [0, 0.1) is 0 Å². The first kappa shape index (κ1) is 17.1. The first-order valence-corrected chi connectivity index (χ1v) is 7.24. The zero-order valence-corrected chi connectivity index (χ0v) is 13.2. The molecule has 0 bridgehead atoms. The summed E-state index contributed by atoms with van der Waals surface area (Å²) in [5.41, 5.74) is 0.223. The lowest BCUT2D eigenvalue weighted by molar-refractivity contribution is 0.0684. The number of nitrogens with zero attached hydrogens (tertiary/aromatic N) is 3. The number of carboxylic acid groups (broad SMARTS) is 2.